The van der Waals surface area contributed by atoms with Gasteiger partial charge in [0, 0.05) is 24.0 Å². The molecule has 2 aromatic rings. The summed E-state index contributed by atoms with van der Waals surface area (Å²) < 4.78 is 5.68. The van der Waals surface area contributed by atoms with Crippen molar-refractivity contribution in [3.8, 4) is 5.75 Å². The van der Waals surface area contributed by atoms with Crippen molar-refractivity contribution in [3.05, 3.63) is 59.4 Å². The zero-order valence-electron chi connectivity index (χ0n) is 11.8. The maximum atomic E-state index is 12.1. The minimum atomic E-state index is -0.525. The summed E-state index contributed by atoms with van der Waals surface area (Å²) in [6.45, 7) is 2.34. The molecule has 21 heavy (non-hydrogen) atoms. The number of hydrogen-bond donors (Lipinski definition) is 1. The molecule has 4 nitrogen and oxygen atoms in total. The highest BCUT2D eigenvalue weighted by Crippen LogP contribution is 2.17. The molecule has 1 N–H and O–H groups in total. The highest BCUT2D eigenvalue weighted by Gasteiger charge is 2.17. The molecular formula is C16H17ClN2O2. The fourth-order valence-corrected chi connectivity index (χ4v) is 1.93. The molecular weight excluding hydrogens is 288 g/mol. The van der Waals surface area contributed by atoms with Crippen LogP contribution in [-0.4, -0.2) is 17.0 Å². The lowest BCUT2D eigenvalue weighted by molar-refractivity contribution is -0.128. The molecule has 0 radical (unpaired) electrons. The Hall–Kier alpha value is -2.07. The van der Waals surface area contributed by atoms with Crippen LogP contribution in [0.5, 0.6) is 5.75 Å². The molecule has 5 heteroatoms. The summed E-state index contributed by atoms with van der Waals surface area (Å²) in [4.78, 5) is 16.1. The normalized spacial score (nSPS) is 11.7. The largest absolute Gasteiger partial charge is 0.481 e. The number of aromatic nitrogens is 1. The fourth-order valence-electron chi connectivity index (χ4n) is 1.81. The third-order valence-corrected chi connectivity index (χ3v) is 3.20. The van der Waals surface area contributed by atoms with Crippen LogP contribution in [0.2, 0.25) is 5.02 Å². The first-order valence-corrected chi connectivity index (χ1v) is 7.15. The van der Waals surface area contributed by atoms with Crippen LogP contribution in [0.3, 0.4) is 0 Å². The van der Waals surface area contributed by atoms with Gasteiger partial charge in [-0.15, -0.1) is 0 Å². The van der Waals surface area contributed by atoms with Crippen molar-refractivity contribution in [1.82, 2.24) is 10.3 Å². The van der Waals surface area contributed by atoms with Crippen LogP contribution in [0.1, 0.15) is 18.9 Å². The minimum Gasteiger partial charge on any atom is -0.481 e. The molecule has 0 aliphatic carbocycles. The Bertz CT molecular complexity index is 573. The van der Waals surface area contributed by atoms with E-state index in [9.17, 15) is 4.79 Å². The molecule has 0 aliphatic rings. The van der Waals surface area contributed by atoms with E-state index in [0.717, 1.165) is 5.56 Å². The van der Waals surface area contributed by atoms with Crippen molar-refractivity contribution in [3.63, 3.8) is 0 Å². The van der Waals surface area contributed by atoms with Gasteiger partial charge in [0.1, 0.15) is 5.75 Å². The molecule has 0 fully saturated rings. The van der Waals surface area contributed by atoms with E-state index in [0.29, 0.717) is 23.7 Å². The Morgan fingerprint density at radius 1 is 1.33 bits per heavy atom. The summed E-state index contributed by atoms with van der Waals surface area (Å²) in [6.07, 6.45) is 3.48. The molecule has 2 rings (SSSR count). The number of ether oxygens (including phenoxy) is 1. The molecule has 0 saturated heterocycles. The Kier molecular flexibility index (Phi) is 5.58. The van der Waals surface area contributed by atoms with Gasteiger partial charge in [-0.05, 0) is 42.3 Å². The van der Waals surface area contributed by atoms with E-state index in [1.807, 2.05) is 19.1 Å². The molecule has 0 bridgehead atoms. The lowest BCUT2D eigenvalue weighted by Gasteiger charge is -2.17. The van der Waals surface area contributed by atoms with Gasteiger partial charge in [0.15, 0.2) is 6.10 Å². The number of carbonyl (C=O) groups is 1. The lowest BCUT2D eigenvalue weighted by atomic mass is 10.2. The summed E-state index contributed by atoms with van der Waals surface area (Å²) in [5, 5.41) is 3.49. The van der Waals surface area contributed by atoms with Crippen LogP contribution >= 0.6 is 11.6 Å². The zero-order chi connectivity index (χ0) is 15.1. The third-order valence-electron chi connectivity index (χ3n) is 2.94. The predicted octanol–water partition coefficient (Wildman–Crippen LogP) is 3.21. The zero-order valence-corrected chi connectivity index (χ0v) is 12.5. The van der Waals surface area contributed by atoms with Crippen molar-refractivity contribution in [2.45, 2.75) is 26.0 Å². The van der Waals surface area contributed by atoms with Crippen molar-refractivity contribution in [1.29, 1.82) is 0 Å². The maximum Gasteiger partial charge on any atom is 0.261 e. The van der Waals surface area contributed by atoms with Crippen LogP contribution in [0.15, 0.2) is 48.8 Å². The Balaban J connectivity index is 1.90. The van der Waals surface area contributed by atoms with E-state index in [1.54, 1.807) is 36.7 Å². The Morgan fingerprint density at radius 3 is 2.71 bits per heavy atom. The second-order valence-electron chi connectivity index (χ2n) is 4.55. The second kappa shape index (κ2) is 7.64. The number of hydrogen-bond acceptors (Lipinski definition) is 3. The van der Waals surface area contributed by atoms with E-state index in [4.69, 9.17) is 16.3 Å². The standard InChI is InChI=1S/C16H17ClN2O2/c1-2-15(21-14-7-5-13(17)6-8-14)16(20)19-11-12-4-3-9-18-10-12/h3-10,15H,2,11H2,1H3,(H,19,20). The fraction of sp³-hybridized carbons (Fsp3) is 0.250. The average molecular weight is 305 g/mol. The van der Waals surface area contributed by atoms with Crippen LogP contribution in [0.4, 0.5) is 0 Å². The van der Waals surface area contributed by atoms with Gasteiger partial charge >= 0.3 is 0 Å². The molecule has 0 aliphatic heterocycles. The van der Waals surface area contributed by atoms with Gasteiger partial charge < -0.3 is 10.1 Å². The summed E-state index contributed by atoms with van der Waals surface area (Å²) in [5.74, 6) is 0.485. The highest BCUT2D eigenvalue weighted by molar-refractivity contribution is 6.30. The van der Waals surface area contributed by atoms with Crippen LogP contribution in [0, 0.1) is 0 Å². The SMILES string of the molecule is CCC(Oc1ccc(Cl)cc1)C(=O)NCc1cccnc1. The van der Waals surface area contributed by atoms with Crippen LogP contribution in [-0.2, 0) is 11.3 Å². The first-order valence-electron chi connectivity index (χ1n) is 6.78. The summed E-state index contributed by atoms with van der Waals surface area (Å²) >= 11 is 5.82. The van der Waals surface area contributed by atoms with E-state index in [2.05, 4.69) is 10.3 Å². The number of amides is 1. The van der Waals surface area contributed by atoms with Gasteiger partial charge in [0.2, 0.25) is 0 Å². The number of carbonyl (C=O) groups excluding carboxylic acids is 1. The van der Waals surface area contributed by atoms with Crippen molar-refractivity contribution >= 4 is 17.5 Å². The van der Waals surface area contributed by atoms with Gasteiger partial charge in [-0.25, -0.2) is 0 Å². The Labute approximate surface area is 129 Å². The number of nitrogens with zero attached hydrogens (tertiary/aromatic N) is 1. The second-order valence-corrected chi connectivity index (χ2v) is 4.98. The van der Waals surface area contributed by atoms with Gasteiger partial charge in [-0.3, -0.25) is 9.78 Å². The number of pyridine rings is 1. The quantitative estimate of drug-likeness (QED) is 0.891. The Morgan fingerprint density at radius 2 is 2.10 bits per heavy atom. The van der Waals surface area contributed by atoms with E-state index in [1.165, 1.54) is 0 Å². The molecule has 0 saturated carbocycles. The van der Waals surface area contributed by atoms with E-state index < -0.39 is 6.10 Å². The van der Waals surface area contributed by atoms with E-state index in [-0.39, 0.29) is 5.91 Å². The number of halogens is 1. The first kappa shape index (κ1) is 15.3. The average Bonchev–Trinajstić information content (AvgIpc) is 2.53. The number of benzene rings is 1. The first-order chi connectivity index (χ1) is 10.2. The summed E-state index contributed by atoms with van der Waals surface area (Å²) in [7, 11) is 0. The van der Waals surface area contributed by atoms with Crippen molar-refractivity contribution in [2.75, 3.05) is 0 Å². The lowest BCUT2D eigenvalue weighted by Crippen LogP contribution is -2.37. The highest BCUT2D eigenvalue weighted by atomic mass is 35.5. The summed E-state index contributed by atoms with van der Waals surface area (Å²) in [6, 6.07) is 10.7. The molecule has 1 aromatic heterocycles. The molecule has 0 spiro atoms. The van der Waals surface area contributed by atoms with Gasteiger partial charge in [-0.2, -0.15) is 0 Å². The van der Waals surface area contributed by atoms with Gasteiger partial charge in [0.25, 0.3) is 5.91 Å². The molecule has 1 amide bonds. The van der Waals surface area contributed by atoms with Crippen LogP contribution < -0.4 is 10.1 Å². The number of nitrogens with one attached hydrogen (secondary N) is 1. The maximum absolute atomic E-state index is 12.1. The van der Waals surface area contributed by atoms with Gasteiger partial charge in [0.05, 0.1) is 0 Å². The third kappa shape index (κ3) is 4.76. The van der Waals surface area contributed by atoms with Crippen molar-refractivity contribution < 1.29 is 9.53 Å². The minimum absolute atomic E-state index is 0.142. The molecule has 110 valence electrons. The van der Waals surface area contributed by atoms with Crippen molar-refractivity contribution in [2.24, 2.45) is 0 Å². The molecule has 1 heterocycles. The predicted molar refractivity (Wildman–Crippen MR) is 82.2 cm³/mol. The monoisotopic (exact) mass is 304 g/mol. The topological polar surface area (TPSA) is 51.2 Å². The molecule has 1 unspecified atom stereocenters. The molecule has 1 aromatic carbocycles. The van der Waals surface area contributed by atoms with Crippen LogP contribution in [0.25, 0.3) is 0 Å². The van der Waals surface area contributed by atoms with E-state index >= 15 is 0 Å². The smallest absolute Gasteiger partial charge is 0.261 e. The molecule has 1 atom stereocenters. The van der Waals surface area contributed by atoms with Gasteiger partial charge in [-0.1, -0.05) is 24.6 Å². The number of rotatable bonds is 6. The summed E-state index contributed by atoms with van der Waals surface area (Å²) in [5.41, 5.74) is 0.951.